The largest absolute Gasteiger partial charge is 0.464 e. The smallest absolute Gasteiger partial charge is 0.244 e. The minimum absolute atomic E-state index is 0.00349. The fourth-order valence-electron chi connectivity index (χ4n) is 2.83. The number of sulfonamides is 1. The maximum Gasteiger partial charge on any atom is 0.244 e. The molecule has 0 amide bonds. The summed E-state index contributed by atoms with van der Waals surface area (Å²) in [6, 6.07) is 2.20. The highest BCUT2D eigenvalue weighted by Gasteiger charge is 2.36. The highest BCUT2D eigenvalue weighted by Crippen LogP contribution is 2.30. The number of furan rings is 1. The Bertz CT molecular complexity index is 592. The molecule has 112 valence electrons. The minimum Gasteiger partial charge on any atom is -0.464 e. The quantitative estimate of drug-likeness (QED) is 0.829. The zero-order chi connectivity index (χ0) is 14.3. The molecule has 1 atom stereocenters. The molecule has 1 saturated carbocycles. The van der Waals surface area contributed by atoms with E-state index in [4.69, 9.17) is 10.2 Å². The van der Waals surface area contributed by atoms with E-state index in [1.54, 1.807) is 6.92 Å². The number of nitrogens with zero attached hydrogens (tertiary/aromatic N) is 1. The second-order valence-corrected chi connectivity index (χ2v) is 7.35. The van der Waals surface area contributed by atoms with Gasteiger partial charge in [0.2, 0.25) is 10.0 Å². The van der Waals surface area contributed by atoms with Crippen LogP contribution < -0.4 is 10.5 Å². The third kappa shape index (κ3) is 2.76. The summed E-state index contributed by atoms with van der Waals surface area (Å²) in [4.78, 5) is 2.59. The summed E-state index contributed by atoms with van der Waals surface area (Å²) in [5, 5.41) is 0. The number of nitrogens with one attached hydrogen (secondary N) is 1. The average molecular weight is 299 g/mol. The van der Waals surface area contributed by atoms with Crippen LogP contribution in [0.1, 0.15) is 30.8 Å². The van der Waals surface area contributed by atoms with Crippen LogP contribution in [0.2, 0.25) is 0 Å². The van der Waals surface area contributed by atoms with Gasteiger partial charge in [0.25, 0.3) is 0 Å². The molecule has 1 unspecified atom stereocenters. The molecule has 2 heterocycles. The van der Waals surface area contributed by atoms with Crippen LogP contribution in [0.3, 0.4) is 0 Å². The summed E-state index contributed by atoms with van der Waals surface area (Å²) < 4.78 is 32.9. The standard InChI is InChI=1S/C13H21N3O3S/c1-9-13(6-12(7-14)19-9)20(17,18)15-10-4-5-16(8-10)11-2-3-11/h6,10-11,15H,2-5,7-8,14H2,1H3. The average Bonchev–Trinajstić information content (AvgIpc) is 3.02. The lowest BCUT2D eigenvalue weighted by atomic mass is 10.3. The highest BCUT2D eigenvalue weighted by molar-refractivity contribution is 7.89. The molecule has 3 N–H and O–H groups in total. The Labute approximate surface area is 119 Å². The molecule has 0 aromatic carbocycles. The van der Waals surface area contributed by atoms with Gasteiger partial charge in [-0.05, 0) is 26.2 Å². The van der Waals surface area contributed by atoms with E-state index >= 15 is 0 Å². The first kappa shape index (κ1) is 14.1. The lowest BCUT2D eigenvalue weighted by Gasteiger charge is -2.15. The number of hydrogen-bond acceptors (Lipinski definition) is 5. The van der Waals surface area contributed by atoms with Crippen molar-refractivity contribution in [2.24, 2.45) is 5.73 Å². The Balaban J connectivity index is 1.70. The summed E-state index contributed by atoms with van der Waals surface area (Å²) in [6.45, 7) is 3.65. The molecule has 2 aliphatic rings. The van der Waals surface area contributed by atoms with Crippen LogP contribution in [-0.2, 0) is 16.6 Å². The van der Waals surface area contributed by atoms with Crippen molar-refractivity contribution in [3.63, 3.8) is 0 Å². The van der Waals surface area contributed by atoms with Gasteiger partial charge in [-0.25, -0.2) is 13.1 Å². The molecule has 20 heavy (non-hydrogen) atoms. The van der Waals surface area contributed by atoms with Gasteiger partial charge in [0, 0.05) is 31.2 Å². The molecule has 0 bridgehead atoms. The van der Waals surface area contributed by atoms with Crippen LogP contribution in [0.4, 0.5) is 0 Å². The van der Waals surface area contributed by atoms with E-state index in [1.807, 2.05) is 0 Å². The van der Waals surface area contributed by atoms with E-state index in [0.29, 0.717) is 17.6 Å². The van der Waals surface area contributed by atoms with Crippen molar-refractivity contribution in [3.05, 3.63) is 17.6 Å². The van der Waals surface area contributed by atoms with Gasteiger partial charge >= 0.3 is 0 Å². The number of aryl methyl sites for hydroxylation is 1. The van der Waals surface area contributed by atoms with Crippen LogP contribution >= 0.6 is 0 Å². The van der Waals surface area contributed by atoms with Gasteiger partial charge in [0.15, 0.2) is 0 Å². The van der Waals surface area contributed by atoms with Crippen LogP contribution in [0, 0.1) is 6.92 Å². The molecule has 1 saturated heterocycles. The minimum atomic E-state index is -3.52. The molecule has 1 aromatic rings. The number of nitrogens with two attached hydrogens (primary N) is 1. The number of hydrogen-bond donors (Lipinski definition) is 2. The molecule has 3 rings (SSSR count). The number of likely N-dealkylation sites (tertiary alicyclic amines) is 1. The van der Waals surface area contributed by atoms with Crippen molar-refractivity contribution in [2.75, 3.05) is 13.1 Å². The summed E-state index contributed by atoms with van der Waals surface area (Å²) in [5.74, 6) is 0.892. The summed E-state index contributed by atoms with van der Waals surface area (Å²) in [7, 11) is -3.52. The predicted octanol–water partition coefficient (Wildman–Crippen LogP) is 0.562. The first-order valence-electron chi connectivity index (χ1n) is 7.05. The third-order valence-electron chi connectivity index (χ3n) is 4.02. The van der Waals surface area contributed by atoms with Crippen LogP contribution in [0.25, 0.3) is 0 Å². The SMILES string of the molecule is Cc1oc(CN)cc1S(=O)(=O)NC1CCN(C2CC2)C1. The fourth-order valence-corrected chi connectivity index (χ4v) is 4.29. The van der Waals surface area contributed by atoms with E-state index in [-0.39, 0.29) is 17.5 Å². The first-order valence-corrected chi connectivity index (χ1v) is 8.53. The molecule has 1 aliphatic heterocycles. The van der Waals surface area contributed by atoms with E-state index in [9.17, 15) is 8.42 Å². The summed E-state index contributed by atoms with van der Waals surface area (Å²) in [6.07, 6.45) is 3.37. The molecular weight excluding hydrogens is 278 g/mol. The lowest BCUT2D eigenvalue weighted by molar-refractivity contribution is 0.322. The summed E-state index contributed by atoms with van der Waals surface area (Å²) >= 11 is 0. The van der Waals surface area contributed by atoms with Gasteiger partial charge in [-0.15, -0.1) is 0 Å². The van der Waals surface area contributed by atoms with Crippen LogP contribution in [-0.4, -0.2) is 38.5 Å². The van der Waals surface area contributed by atoms with Gasteiger partial charge in [0.1, 0.15) is 16.4 Å². The van der Waals surface area contributed by atoms with Crippen molar-refractivity contribution < 1.29 is 12.8 Å². The molecular formula is C13H21N3O3S. The van der Waals surface area contributed by atoms with Crippen molar-refractivity contribution in [1.29, 1.82) is 0 Å². The van der Waals surface area contributed by atoms with Crippen molar-refractivity contribution >= 4 is 10.0 Å². The first-order chi connectivity index (χ1) is 9.49. The Morgan fingerprint density at radius 3 is 2.80 bits per heavy atom. The Morgan fingerprint density at radius 1 is 1.45 bits per heavy atom. The van der Waals surface area contributed by atoms with Crippen molar-refractivity contribution in [1.82, 2.24) is 9.62 Å². The molecule has 1 aromatic heterocycles. The lowest BCUT2D eigenvalue weighted by Crippen LogP contribution is -2.37. The second kappa shape index (κ2) is 5.14. The van der Waals surface area contributed by atoms with Crippen LogP contribution in [0.5, 0.6) is 0 Å². The zero-order valence-corrected chi connectivity index (χ0v) is 12.4. The predicted molar refractivity (Wildman–Crippen MR) is 74.7 cm³/mol. The Morgan fingerprint density at radius 2 is 2.20 bits per heavy atom. The van der Waals surface area contributed by atoms with Crippen molar-refractivity contribution in [3.8, 4) is 0 Å². The molecule has 1 aliphatic carbocycles. The number of rotatable bonds is 5. The van der Waals surface area contributed by atoms with Gasteiger partial charge in [0.05, 0.1) is 6.54 Å². The second-order valence-electron chi connectivity index (χ2n) is 5.67. The monoisotopic (exact) mass is 299 g/mol. The zero-order valence-electron chi connectivity index (χ0n) is 11.6. The fraction of sp³-hybridized carbons (Fsp3) is 0.692. The molecule has 6 nitrogen and oxygen atoms in total. The Hall–Kier alpha value is -0.890. The van der Waals surface area contributed by atoms with E-state index < -0.39 is 10.0 Å². The molecule has 7 heteroatoms. The molecule has 2 fully saturated rings. The third-order valence-corrected chi connectivity index (χ3v) is 5.65. The normalized spacial score (nSPS) is 24.4. The van der Waals surface area contributed by atoms with E-state index in [0.717, 1.165) is 19.5 Å². The van der Waals surface area contributed by atoms with Gasteiger partial charge in [-0.1, -0.05) is 0 Å². The van der Waals surface area contributed by atoms with Crippen molar-refractivity contribution in [2.45, 2.75) is 49.7 Å². The maximum atomic E-state index is 12.4. The summed E-state index contributed by atoms with van der Waals surface area (Å²) in [5.41, 5.74) is 5.48. The van der Waals surface area contributed by atoms with Gasteiger partial charge < -0.3 is 10.2 Å². The van der Waals surface area contributed by atoms with Gasteiger partial charge in [-0.2, -0.15) is 0 Å². The van der Waals surface area contributed by atoms with E-state index in [1.165, 1.54) is 18.9 Å². The molecule has 0 spiro atoms. The topological polar surface area (TPSA) is 88.6 Å². The van der Waals surface area contributed by atoms with Gasteiger partial charge in [-0.3, -0.25) is 4.90 Å². The molecule has 0 radical (unpaired) electrons. The van der Waals surface area contributed by atoms with E-state index in [2.05, 4.69) is 9.62 Å². The van der Waals surface area contributed by atoms with Crippen LogP contribution in [0.15, 0.2) is 15.4 Å². The highest BCUT2D eigenvalue weighted by atomic mass is 32.2. The Kier molecular flexibility index (Phi) is 3.62. The maximum absolute atomic E-state index is 12.4.